The number of amides is 2. The Morgan fingerprint density at radius 3 is 1.55 bits per heavy atom. The highest BCUT2D eigenvalue weighted by molar-refractivity contribution is 6.04. The van der Waals surface area contributed by atoms with Crippen LogP contribution in [-0.4, -0.2) is 78.1 Å². The lowest BCUT2D eigenvalue weighted by atomic mass is 9.30. The van der Waals surface area contributed by atoms with Crippen molar-refractivity contribution in [3.8, 4) is 0 Å². The number of aliphatic hydroxyl groups is 6. The van der Waals surface area contributed by atoms with E-state index in [4.69, 9.17) is 0 Å². The minimum absolute atomic E-state index is 0.230. The number of nitrogens with one attached hydrogen (secondary N) is 2. The summed E-state index contributed by atoms with van der Waals surface area (Å²) in [7, 11) is 0. The summed E-state index contributed by atoms with van der Waals surface area (Å²) in [6.45, 7) is -0.940. The number of rotatable bonds is 8. The van der Waals surface area contributed by atoms with Gasteiger partial charge in [-0.2, -0.15) is 0 Å². The highest BCUT2D eigenvalue weighted by atomic mass is 16.5. The number of carbonyl (C=O) groups is 2. The first-order valence-corrected chi connectivity index (χ1v) is 14.1. The number of para-hydroxylation sites is 2. The van der Waals surface area contributed by atoms with Crippen LogP contribution in [0.25, 0.3) is 0 Å². The summed E-state index contributed by atoms with van der Waals surface area (Å²) in [5.74, 6) is -3.47. The molecule has 2 amide bonds. The Balaban J connectivity index is 1.26. The van der Waals surface area contributed by atoms with Gasteiger partial charge < -0.3 is 41.3 Å². The zero-order valence-corrected chi connectivity index (χ0v) is 23.4. The number of hydrogen-bond donors (Lipinski definition) is 8. The summed E-state index contributed by atoms with van der Waals surface area (Å²) in [6.07, 6.45) is -3.49. The van der Waals surface area contributed by atoms with E-state index in [1.807, 2.05) is 12.1 Å². The monoisotopic (exact) mass is 596 g/mol. The Kier molecular flexibility index (Phi) is 7.37. The van der Waals surface area contributed by atoms with E-state index in [1.165, 1.54) is 48.5 Å². The molecule has 7 atom stereocenters. The van der Waals surface area contributed by atoms with Gasteiger partial charge in [0.05, 0.1) is 18.6 Å². The minimum Gasteiger partial charge on any atom is -0.394 e. The van der Waals surface area contributed by atoms with Gasteiger partial charge in [-0.15, -0.1) is 0 Å². The van der Waals surface area contributed by atoms with Crippen molar-refractivity contribution in [1.29, 1.82) is 0 Å². The molecule has 226 valence electrons. The van der Waals surface area contributed by atoms with Crippen LogP contribution in [0.15, 0.2) is 109 Å². The van der Waals surface area contributed by atoms with Gasteiger partial charge in [-0.25, -0.2) is 0 Å². The number of carbonyl (C=O) groups excluding carboxylic acids is 2. The second-order valence-electron chi connectivity index (χ2n) is 11.4. The molecule has 3 unspecified atom stereocenters. The Bertz CT molecular complexity index is 1670. The van der Waals surface area contributed by atoms with Crippen molar-refractivity contribution in [2.24, 2.45) is 0 Å². The van der Waals surface area contributed by atoms with Crippen molar-refractivity contribution in [1.82, 2.24) is 0 Å². The third-order valence-electron chi connectivity index (χ3n) is 9.10. The average Bonchev–Trinajstić information content (AvgIpc) is 3.05. The molecule has 0 bridgehead atoms. The van der Waals surface area contributed by atoms with E-state index in [1.54, 1.807) is 48.5 Å². The molecule has 8 N–H and O–H groups in total. The first-order valence-electron chi connectivity index (χ1n) is 14.1. The molecule has 2 saturated carbocycles. The maximum absolute atomic E-state index is 12.7. The van der Waals surface area contributed by atoms with E-state index in [0.29, 0.717) is 22.5 Å². The van der Waals surface area contributed by atoms with E-state index in [-0.39, 0.29) is 17.0 Å². The van der Waals surface area contributed by atoms with Crippen molar-refractivity contribution < 1.29 is 40.2 Å². The van der Waals surface area contributed by atoms with Gasteiger partial charge in [-0.1, -0.05) is 60.7 Å². The van der Waals surface area contributed by atoms with E-state index >= 15 is 0 Å². The number of anilines is 2. The Labute approximate surface area is 252 Å². The van der Waals surface area contributed by atoms with Crippen LogP contribution in [-0.2, 0) is 0 Å². The summed E-state index contributed by atoms with van der Waals surface area (Å²) < 4.78 is 0. The second-order valence-corrected chi connectivity index (χ2v) is 11.4. The lowest BCUT2D eigenvalue weighted by Crippen LogP contribution is -2.99. The second kappa shape index (κ2) is 10.9. The Hall–Kier alpha value is -4.42. The van der Waals surface area contributed by atoms with Gasteiger partial charge in [0.15, 0.2) is 0 Å². The molecule has 44 heavy (non-hydrogen) atoms. The highest BCUT2D eigenvalue weighted by Gasteiger charge is 2.93. The molecule has 4 aromatic rings. The molecule has 0 aromatic heterocycles. The van der Waals surface area contributed by atoms with E-state index < -0.39 is 53.4 Å². The smallest absolute Gasteiger partial charge is 0.255 e. The molecule has 2 aliphatic carbocycles. The topological polar surface area (TPSA) is 180 Å². The molecular weight excluding hydrogens is 564 g/mol. The van der Waals surface area contributed by atoms with Crippen LogP contribution >= 0.6 is 0 Å². The number of hydrogen-bond acceptors (Lipinski definition) is 8. The first kappa shape index (κ1) is 29.6. The number of fused-ring (bicyclic) bond motifs is 1. The van der Waals surface area contributed by atoms with Crippen molar-refractivity contribution in [2.75, 3.05) is 17.2 Å². The molecule has 10 heteroatoms. The van der Waals surface area contributed by atoms with Crippen LogP contribution in [0, 0.1) is 0 Å². The van der Waals surface area contributed by atoms with Gasteiger partial charge >= 0.3 is 0 Å². The molecule has 0 radical (unpaired) electrons. The maximum atomic E-state index is 12.7. The van der Waals surface area contributed by atoms with Gasteiger partial charge in [0.25, 0.3) is 11.8 Å². The van der Waals surface area contributed by atoms with Gasteiger partial charge in [0.2, 0.25) is 0 Å². The lowest BCUT2D eigenvalue weighted by molar-refractivity contribution is -0.459. The van der Waals surface area contributed by atoms with Crippen LogP contribution in [0.1, 0.15) is 43.7 Å². The molecule has 4 aromatic carbocycles. The van der Waals surface area contributed by atoms with E-state index in [0.717, 1.165) is 0 Å². The van der Waals surface area contributed by atoms with Crippen molar-refractivity contribution in [3.05, 3.63) is 131 Å². The van der Waals surface area contributed by atoms with Gasteiger partial charge in [-0.3, -0.25) is 9.59 Å². The minimum atomic E-state index is -2.49. The molecule has 0 saturated heterocycles. The van der Waals surface area contributed by atoms with Crippen molar-refractivity contribution in [2.45, 2.75) is 40.8 Å². The fraction of sp³-hybridized carbons (Fsp3) is 0.235. The zero-order chi connectivity index (χ0) is 31.3. The van der Waals surface area contributed by atoms with Crippen LogP contribution < -0.4 is 10.6 Å². The molecule has 0 aliphatic heterocycles. The number of benzene rings is 4. The predicted octanol–water partition coefficient (Wildman–Crippen LogP) is 1.99. The summed E-state index contributed by atoms with van der Waals surface area (Å²) in [6, 6.07) is 29.5. The standard InChI is InChI=1S/C34H32N2O8/c37-19-26(38)32(42)28(21-13-17-23(18-14-21)31(41)36-25-9-5-2-6-10-25)33(43)29(39)27(34(32,33)44)20-11-15-22(16-12-20)30(40)35-24-7-3-1-4-8-24/h1-18,26-29,37-39,42-44H,19H2,(H,35,40)(H,36,41)/t26-,27?,28?,29?,32+,33+,34+/m1/s1. The number of aliphatic hydroxyl groups excluding tert-OH is 3. The van der Waals surface area contributed by atoms with Crippen LogP contribution in [0.4, 0.5) is 11.4 Å². The summed E-state index contributed by atoms with van der Waals surface area (Å²) in [5, 5.41) is 72.9. The molecule has 0 heterocycles. The zero-order valence-electron chi connectivity index (χ0n) is 23.4. The molecule has 6 rings (SSSR count). The molecule has 2 aliphatic rings. The van der Waals surface area contributed by atoms with Crippen LogP contribution in [0.3, 0.4) is 0 Å². The fourth-order valence-electron chi connectivity index (χ4n) is 6.93. The molecule has 2 fully saturated rings. The van der Waals surface area contributed by atoms with Crippen LogP contribution in [0.2, 0.25) is 0 Å². The normalized spacial score (nSPS) is 29.4. The first-order chi connectivity index (χ1) is 21.1. The highest BCUT2D eigenvalue weighted by Crippen LogP contribution is 2.75. The summed E-state index contributed by atoms with van der Waals surface area (Å²) in [5.41, 5.74) is -4.97. The maximum Gasteiger partial charge on any atom is 0.255 e. The van der Waals surface area contributed by atoms with E-state index in [9.17, 15) is 40.2 Å². The Morgan fingerprint density at radius 2 is 1.11 bits per heavy atom. The third-order valence-corrected chi connectivity index (χ3v) is 9.10. The molecule has 10 nitrogen and oxygen atoms in total. The largest absolute Gasteiger partial charge is 0.394 e. The van der Waals surface area contributed by atoms with E-state index in [2.05, 4.69) is 10.6 Å². The average molecular weight is 597 g/mol. The van der Waals surface area contributed by atoms with Crippen LogP contribution in [0.5, 0.6) is 0 Å². The molecular formula is C34H32N2O8. The third kappa shape index (κ3) is 4.19. The SMILES string of the molecule is O=C(Nc1ccccc1)c1ccc(C2C(O)[C@@]3(O)C(c4ccc(C(=O)Nc5ccccc5)cc4)[C@@](O)([C@H](O)CO)[C@@]23O)cc1. The van der Waals surface area contributed by atoms with Gasteiger partial charge in [-0.05, 0) is 59.7 Å². The fourth-order valence-corrected chi connectivity index (χ4v) is 6.93. The predicted molar refractivity (Wildman–Crippen MR) is 161 cm³/mol. The van der Waals surface area contributed by atoms with Crippen molar-refractivity contribution in [3.63, 3.8) is 0 Å². The lowest BCUT2D eigenvalue weighted by Gasteiger charge is -2.80. The van der Waals surface area contributed by atoms with Gasteiger partial charge in [0.1, 0.15) is 22.9 Å². The summed E-state index contributed by atoms with van der Waals surface area (Å²) >= 11 is 0. The van der Waals surface area contributed by atoms with Gasteiger partial charge in [0, 0.05) is 28.4 Å². The Morgan fingerprint density at radius 1 is 0.682 bits per heavy atom. The van der Waals surface area contributed by atoms with Crippen molar-refractivity contribution >= 4 is 23.2 Å². The summed E-state index contributed by atoms with van der Waals surface area (Å²) in [4.78, 5) is 25.4. The quantitative estimate of drug-likeness (QED) is 0.152. The molecule has 0 spiro atoms.